The highest BCUT2D eigenvalue weighted by Gasteiger charge is 2.18. The van der Waals surface area contributed by atoms with Crippen LogP contribution in [0.1, 0.15) is 36.5 Å². The number of sulfonamides is 1. The van der Waals surface area contributed by atoms with Gasteiger partial charge >= 0.3 is 0 Å². The van der Waals surface area contributed by atoms with E-state index in [4.69, 9.17) is 0 Å². The van der Waals surface area contributed by atoms with Crippen molar-refractivity contribution in [2.24, 2.45) is 0 Å². The number of fused-ring (bicyclic) bond motifs is 1. The number of rotatable bonds is 6. The Balaban J connectivity index is 1.68. The molecule has 0 bridgehead atoms. The monoisotopic (exact) mass is 386 g/mol. The Morgan fingerprint density at radius 1 is 1.07 bits per heavy atom. The number of amides is 1. The van der Waals surface area contributed by atoms with E-state index in [1.165, 1.54) is 12.5 Å². The maximum absolute atomic E-state index is 12.6. The summed E-state index contributed by atoms with van der Waals surface area (Å²) >= 11 is 0. The third-order valence-corrected chi connectivity index (χ3v) is 6.41. The van der Waals surface area contributed by atoms with Crippen molar-refractivity contribution in [1.29, 1.82) is 0 Å². The maximum Gasteiger partial charge on any atom is 0.240 e. The predicted octanol–water partition coefficient (Wildman–Crippen LogP) is 3.21. The second kappa shape index (κ2) is 8.23. The first kappa shape index (κ1) is 19.6. The number of hydrogen-bond donors (Lipinski definition) is 1. The highest BCUT2D eigenvalue weighted by Crippen LogP contribution is 2.24. The molecule has 0 aliphatic heterocycles. The summed E-state index contributed by atoms with van der Waals surface area (Å²) in [6.45, 7) is 3.89. The molecule has 2 aromatic carbocycles. The summed E-state index contributed by atoms with van der Waals surface area (Å²) in [5.74, 6) is -0.117. The average molecular weight is 387 g/mol. The molecule has 0 unspecified atom stereocenters. The van der Waals surface area contributed by atoms with E-state index in [-0.39, 0.29) is 19.0 Å². The van der Waals surface area contributed by atoms with Crippen molar-refractivity contribution in [3.8, 4) is 0 Å². The lowest BCUT2D eigenvalue weighted by Crippen LogP contribution is -2.37. The van der Waals surface area contributed by atoms with Crippen LogP contribution in [0.25, 0.3) is 0 Å². The van der Waals surface area contributed by atoms with E-state index in [2.05, 4.69) is 4.72 Å². The lowest BCUT2D eigenvalue weighted by molar-refractivity contribution is -0.116. The van der Waals surface area contributed by atoms with Crippen molar-refractivity contribution >= 4 is 21.6 Å². The highest BCUT2D eigenvalue weighted by atomic mass is 32.2. The molecule has 2 aromatic rings. The summed E-state index contributed by atoms with van der Waals surface area (Å²) in [6.07, 6.45) is 4.22. The molecule has 1 N–H and O–H groups in total. The van der Waals surface area contributed by atoms with E-state index in [9.17, 15) is 13.2 Å². The second-order valence-electron chi connectivity index (χ2n) is 7.05. The quantitative estimate of drug-likeness (QED) is 0.829. The van der Waals surface area contributed by atoms with Crippen molar-refractivity contribution in [2.45, 2.75) is 44.4 Å². The molecule has 1 aliphatic rings. The van der Waals surface area contributed by atoms with Crippen LogP contribution in [0.2, 0.25) is 0 Å². The van der Waals surface area contributed by atoms with E-state index in [0.717, 1.165) is 42.5 Å². The fourth-order valence-electron chi connectivity index (χ4n) is 3.52. The van der Waals surface area contributed by atoms with Crippen molar-refractivity contribution < 1.29 is 13.2 Å². The van der Waals surface area contributed by atoms with Gasteiger partial charge in [-0.2, -0.15) is 0 Å². The van der Waals surface area contributed by atoms with E-state index in [1.54, 1.807) is 17.0 Å². The van der Waals surface area contributed by atoms with Crippen LogP contribution in [0.3, 0.4) is 0 Å². The average Bonchev–Trinajstić information content (AvgIpc) is 2.64. The summed E-state index contributed by atoms with van der Waals surface area (Å²) in [4.78, 5) is 13.9. The molecule has 0 aromatic heterocycles. The molecule has 0 atom stereocenters. The molecule has 0 saturated heterocycles. The molecular weight excluding hydrogens is 360 g/mol. The van der Waals surface area contributed by atoms with E-state index >= 15 is 0 Å². The molecule has 0 fully saturated rings. The van der Waals surface area contributed by atoms with Gasteiger partial charge in [-0.25, -0.2) is 13.1 Å². The largest absolute Gasteiger partial charge is 0.311 e. The molecule has 0 radical (unpaired) electrons. The number of benzene rings is 2. The number of nitrogens with zero attached hydrogens (tertiary/aromatic N) is 1. The van der Waals surface area contributed by atoms with Gasteiger partial charge in [0.05, 0.1) is 4.90 Å². The number of anilines is 1. The molecule has 1 amide bonds. The number of carbonyl (C=O) groups is 1. The molecule has 1 aliphatic carbocycles. The molecule has 0 saturated carbocycles. The smallest absolute Gasteiger partial charge is 0.240 e. The van der Waals surface area contributed by atoms with Gasteiger partial charge in [0.25, 0.3) is 0 Å². The normalized spacial score (nSPS) is 13.9. The second-order valence-corrected chi connectivity index (χ2v) is 8.81. The van der Waals surface area contributed by atoms with Crippen LogP contribution in [-0.4, -0.2) is 27.4 Å². The Hall–Kier alpha value is -2.18. The fourth-order valence-corrected chi connectivity index (χ4v) is 4.59. The predicted molar refractivity (Wildman–Crippen MR) is 107 cm³/mol. The van der Waals surface area contributed by atoms with Gasteiger partial charge in [0.15, 0.2) is 0 Å². The first-order valence-corrected chi connectivity index (χ1v) is 10.8. The Kier molecular flexibility index (Phi) is 5.97. The summed E-state index contributed by atoms with van der Waals surface area (Å²) in [6, 6.07) is 13.0. The Labute approximate surface area is 161 Å². The van der Waals surface area contributed by atoms with Crippen molar-refractivity contribution in [1.82, 2.24) is 4.72 Å². The number of carbonyl (C=O) groups excluding carboxylic acids is 1. The molecule has 0 heterocycles. The fraction of sp³-hybridized carbons (Fsp3) is 0.381. The Bertz CT molecular complexity index is 938. The first-order chi connectivity index (χ1) is 12.9. The van der Waals surface area contributed by atoms with Gasteiger partial charge in [0, 0.05) is 25.7 Å². The highest BCUT2D eigenvalue weighted by molar-refractivity contribution is 7.89. The SMILES string of the molecule is CC(=O)N(CCNS(=O)(=O)c1ccc2c(c1)CCCC2)c1cccc(C)c1. The molecule has 144 valence electrons. The third-order valence-electron chi connectivity index (χ3n) is 4.95. The molecular formula is C21H26N2O3S. The van der Waals surface area contributed by atoms with Gasteiger partial charge in [-0.3, -0.25) is 4.79 Å². The number of nitrogens with one attached hydrogen (secondary N) is 1. The van der Waals surface area contributed by atoms with Gasteiger partial charge in [-0.15, -0.1) is 0 Å². The van der Waals surface area contributed by atoms with Crippen LogP contribution in [0.15, 0.2) is 47.4 Å². The zero-order valence-electron chi connectivity index (χ0n) is 15.9. The number of hydrogen-bond acceptors (Lipinski definition) is 3. The van der Waals surface area contributed by atoms with Gasteiger partial charge in [-0.1, -0.05) is 18.2 Å². The number of aryl methyl sites for hydroxylation is 3. The lowest BCUT2D eigenvalue weighted by Gasteiger charge is -2.22. The van der Waals surface area contributed by atoms with E-state index in [1.807, 2.05) is 37.3 Å². The van der Waals surface area contributed by atoms with E-state index < -0.39 is 10.0 Å². The summed E-state index contributed by atoms with van der Waals surface area (Å²) in [5, 5.41) is 0. The van der Waals surface area contributed by atoms with Crippen molar-refractivity contribution in [3.63, 3.8) is 0 Å². The standard InChI is InChI=1S/C21H26N2O3S/c1-16-6-5-9-20(14-16)23(17(2)24)13-12-22-27(25,26)21-11-10-18-7-3-4-8-19(18)15-21/h5-6,9-11,14-15,22H,3-4,7-8,12-13H2,1-2H3. The zero-order valence-corrected chi connectivity index (χ0v) is 16.7. The van der Waals surface area contributed by atoms with Crippen LogP contribution in [-0.2, 0) is 27.7 Å². The Morgan fingerprint density at radius 3 is 2.52 bits per heavy atom. The van der Waals surface area contributed by atoms with Gasteiger partial charge in [0.2, 0.25) is 15.9 Å². The summed E-state index contributed by atoms with van der Waals surface area (Å²) in [7, 11) is -3.59. The van der Waals surface area contributed by atoms with E-state index in [0.29, 0.717) is 4.90 Å². The molecule has 27 heavy (non-hydrogen) atoms. The van der Waals surface area contributed by atoms with Crippen LogP contribution in [0.4, 0.5) is 5.69 Å². The lowest BCUT2D eigenvalue weighted by atomic mass is 9.92. The topological polar surface area (TPSA) is 66.5 Å². The minimum atomic E-state index is -3.59. The first-order valence-electron chi connectivity index (χ1n) is 9.33. The van der Waals surface area contributed by atoms with Gasteiger partial charge in [-0.05, 0) is 73.6 Å². The minimum Gasteiger partial charge on any atom is -0.311 e. The van der Waals surface area contributed by atoms with Gasteiger partial charge in [0.1, 0.15) is 0 Å². The van der Waals surface area contributed by atoms with Crippen LogP contribution in [0, 0.1) is 6.92 Å². The summed E-state index contributed by atoms with van der Waals surface area (Å²) in [5.41, 5.74) is 4.21. The summed E-state index contributed by atoms with van der Waals surface area (Å²) < 4.78 is 27.9. The maximum atomic E-state index is 12.6. The molecule has 5 nitrogen and oxygen atoms in total. The van der Waals surface area contributed by atoms with Crippen molar-refractivity contribution in [3.05, 3.63) is 59.2 Å². The zero-order chi connectivity index (χ0) is 19.4. The van der Waals surface area contributed by atoms with Crippen LogP contribution in [0.5, 0.6) is 0 Å². The van der Waals surface area contributed by atoms with Crippen molar-refractivity contribution in [2.75, 3.05) is 18.0 Å². The third kappa shape index (κ3) is 4.76. The van der Waals surface area contributed by atoms with Gasteiger partial charge < -0.3 is 4.90 Å². The van der Waals surface area contributed by atoms with Crippen LogP contribution < -0.4 is 9.62 Å². The molecule has 0 spiro atoms. The Morgan fingerprint density at radius 2 is 1.81 bits per heavy atom. The molecule has 6 heteroatoms. The molecule has 3 rings (SSSR count). The van der Waals surface area contributed by atoms with Crippen LogP contribution >= 0.6 is 0 Å². The minimum absolute atomic E-state index is 0.117.